The first-order valence-corrected chi connectivity index (χ1v) is 9.51. The molecule has 118 valence electrons. The first-order chi connectivity index (χ1) is 11.8. The quantitative estimate of drug-likeness (QED) is 0.335. The Morgan fingerprint density at radius 1 is 0.958 bits per heavy atom. The van der Waals surface area contributed by atoms with Crippen molar-refractivity contribution in [3.05, 3.63) is 71.6 Å². The molecule has 2 aromatic heterocycles. The molecule has 3 nitrogen and oxygen atoms in total. The minimum absolute atomic E-state index is 0.926. The molecule has 0 aliphatic heterocycles. The van der Waals surface area contributed by atoms with Crippen molar-refractivity contribution < 1.29 is 0 Å². The Morgan fingerprint density at radius 2 is 1.71 bits per heavy atom. The van der Waals surface area contributed by atoms with Crippen LogP contribution in [0.15, 0.2) is 76.6 Å². The fourth-order valence-corrected chi connectivity index (χ4v) is 3.65. The third kappa shape index (κ3) is 2.64. The number of halogens is 1. The second kappa shape index (κ2) is 6.42. The molecule has 0 aliphatic carbocycles. The molecule has 0 atom stereocenters. The van der Waals surface area contributed by atoms with Crippen LogP contribution in [0.3, 0.4) is 0 Å². The van der Waals surface area contributed by atoms with E-state index in [4.69, 9.17) is 0 Å². The Bertz CT molecular complexity index is 994. The summed E-state index contributed by atoms with van der Waals surface area (Å²) < 4.78 is 3.19. The van der Waals surface area contributed by atoms with Gasteiger partial charge in [0.25, 0.3) is 0 Å². The summed E-state index contributed by atoms with van der Waals surface area (Å²) in [6, 6.07) is 18.6. The van der Waals surface area contributed by atoms with E-state index in [0.29, 0.717) is 0 Å². The van der Waals surface area contributed by atoms with Crippen molar-refractivity contribution in [1.29, 1.82) is 0 Å². The highest BCUT2D eigenvalue weighted by molar-refractivity contribution is 9.10. The van der Waals surface area contributed by atoms with Crippen LogP contribution in [-0.2, 0) is 0 Å². The van der Waals surface area contributed by atoms with Crippen LogP contribution in [0.2, 0.25) is 0 Å². The van der Waals surface area contributed by atoms with Crippen molar-refractivity contribution in [2.45, 2.75) is 5.03 Å². The fraction of sp³-hybridized carbons (Fsp3) is 0.0526. The van der Waals surface area contributed by atoms with Gasteiger partial charge in [-0.05, 0) is 36.1 Å². The van der Waals surface area contributed by atoms with E-state index in [9.17, 15) is 0 Å². The van der Waals surface area contributed by atoms with Gasteiger partial charge in [-0.3, -0.25) is 0 Å². The van der Waals surface area contributed by atoms with Crippen LogP contribution in [0.1, 0.15) is 0 Å². The molecular weight excluding hydrogens is 382 g/mol. The van der Waals surface area contributed by atoms with E-state index < -0.39 is 0 Å². The van der Waals surface area contributed by atoms with Crippen LogP contribution in [0.5, 0.6) is 0 Å². The normalized spacial score (nSPS) is 11.1. The molecule has 0 saturated carbocycles. The van der Waals surface area contributed by atoms with Crippen LogP contribution in [0, 0.1) is 0 Å². The Hall–Kier alpha value is -2.11. The summed E-state index contributed by atoms with van der Waals surface area (Å²) in [4.78, 5) is 9.03. The summed E-state index contributed by atoms with van der Waals surface area (Å²) in [5.41, 5.74) is 4.33. The van der Waals surface area contributed by atoms with Crippen LogP contribution in [0.4, 0.5) is 0 Å². The lowest BCUT2D eigenvalue weighted by molar-refractivity contribution is 1.04. The van der Waals surface area contributed by atoms with Crippen LogP contribution < -0.4 is 0 Å². The molecule has 0 fully saturated rings. The molecule has 0 amide bonds. The summed E-state index contributed by atoms with van der Waals surface area (Å²) in [6.07, 6.45) is 5.84. The van der Waals surface area contributed by atoms with Gasteiger partial charge in [0.1, 0.15) is 17.0 Å². The molecule has 0 saturated heterocycles. The number of aromatic nitrogens is 3. The lowest BCUT2D eigenvalue weighted by atomic mass is 10.1. The number of nitrogens with zero attached hydrogens (tertiary/aromatic N) is 3. The van der Waals surface area contributed by atoms with Gasteiger partial charge in [0, 0.05) is 21.9 Å². The molecule has 0 radical (unpaired) electrons. The molecule has 0 bridgehead atoms. The second-order valence-electron chi connectivity index (χ2n) is 5.34. The Balaban J connectivity index is 2.04. The van der Waals surface area contributed by atoms with Crippen LogP contribution >= 0.6 is 27.7 Å². The maximum atomic E-state index is 4.56. The van der Waals surface area contributed by atoms with Gasteiger partial charge in [0.15, 0.2) is 0 Å². The second-order valence-corrected chi connectivity index (χ2v) is 7.05. The zero-order chi connectivity index (χ0) is 16.5. The molecule has 2 aromatic carbocycles. The van der Waals surface area contributed by atoms with Gasteiger partial charge in [0.05, 0.1) is 5.39 Å². The summed E-state index contributed by atoms with van der Waals surface area (Å²) in [5, 5.41) is 2.09. The van der Waals surface area contributed by atoms with Crippen molar-refractivity contribution >= 4 is 38.7 Å². The minimum atomic E-state index is 0.926. The van der Waals surface area contributed by atoms with E-state index in [1.54, 1.807) is 18.1 Å². The molecular formula is C19H14BrN3S. The van der Waals surface area contributed by atoms with E-state index in [2.05, 4.69) is 73.1 Å². The predicted octanol–water partition coefficient (Wildman–Crippen LogP) is 5.57. The van der Waals surface area contributed by atoms with Gasteiger partial charge in [-0.1, -0.05) is 46.3 Å². The van der Waals surface area contributed by atoms with E-state index >= 15 is 0 Å². The van der Waals surface area contributed by atoms with Crippen molar-refractivity contribution in [3.8, 4) is 16.8 Å². The number of rotatable bonds is 3. The number of thioether (sulfide) groups is 1. The molecule has 0 N–H and O–H groups in total. The third-order valence-electron chi connectivity index (χ3n) is 3.93. The van der Waals surface area contributed by atoms with Crippen molar-refractivity contribution in [1.82, 2.24) is 14.5 Å². The number of hydrogen-bond donors (Lipinski definition) is 0. The standard InChI is InChI=1S/C19H14BrN3S/c1-24-19-17-16(13-5-3-2-4-6-13)11-23(18(17)21-12-22-19)15-9-7-14(20)8-10-15/h2-12H,1H3. The summed E-state index contributed by atoms with van der Waals surface area (Å²) in [6.45, 7) is 0. The van der Waals surface area contributed by atoms with Crippen LogP contribution in [-0.4, -0.2) is 20.8 Å². The molecule has 5 heteroatoms. The first-order valence-electron chi connectivity index (χ1n) is 7.49. The lowest BCUT2D eigenvalue weighted by Crippen LogP contribution is -1.94. The van der Waals surface area contributed by atoms with E-state index in [-0.39, 0.29) is 0 Å². The SMILES string of the molecule is CSc1ncnc2c1c(-c1ccccc1)cn2-c1ccc(Br)cc1. The first kappa shape index (κ1) is 15.4. The lowest BCUT2D eigenvalue weighted by Gasteiger charge is -2.05. The Kier molecular flexibility index (Phi) is 4.12. The Labute approximate surface area is 152 Å². The smallest absolute Gasteiger partial charge is 0.149 e. The molecule has 4 rings (SSSR count). The molecule has 0 spiro atoms. The monoisotopic (exact) mass is 395 g/mol. The maximum absolute atomic E-state index is 4.56. The van der Waals surface area contributed by atoms with Crippen molar-refractivity contribution in [3.63, 3.8) is 0 Å². The number of hydrogen-bond acceptors (Lipinski definition) is 3. The fourth-order valence-electron chi connectivity index (χ4n) is 2.82. The molecule has 4 aromatic rings. The van der Waals surface area contributed by atoms with Crippen molar-refractivity contribution in [2.24, 2.45) is 0 Å². The van der Waals surface area contributed by atoms with Gasteiger partial charge >= 0.3 is 0 Å². The largest absolute Gasteiger partial charge is 0.301 e. The average Bonchev–Trinajstić information content (AvgIpc) is 3.03. The van der Waals surface area contributed by atoms with Crippen molar-refractivity contribution in [2.75, 3.05) is 6.26 Å². The van der Waals surface area contributed by atoms with E-state index in [1.807, 2.05) is 24.5 Å². The maximum Gasteiger partial charge on any atom is 0.149 e. The summed E-state index contributed by atoms with van der Waals surface area (Å²) in [5.74, 6) is 0. The van der Waals surface area contributed by atoms with E-state index in [0.717, 1.165) is 31.8 Å². The predicted molar refractivity (Wildman–Crippen MR) is 104 cm³/mol. The third-order valence-corrected chi connectivity index (χ3v) is 5.16. The number of benzene rings is 2. The topological polar surface area (TPSA) is 30.7 Å². The zero-order valence-corrected chi connectivity index (χ0v) is 15.4. The highest BCUT2D eigenvalue weighted by Gasteiger charge is 2.16. The van der Waals surface area contributed by atoms with Gasteiger partial charge in [-0.25, -0.2) is 9.97 Å². The van der Waals surface area contributed by atoms with Gasteiger partial charge in [0.2, 0.25) is 0 Å². The van der Waals surface area contributed by atoms with Gasteiger partial charge in [-0.15, -0.1) is 11.8 Å². The molecule has 2 heterocycles. The molecule has 0 aliphatic rings. The molecule has 24 heavy (non-hydrogen) atoms. The average molecular weight is 396 g/mol. The number of fused-ring (bicyclic) bond motifs is 1. The van der Waals surface area contributed by atoms with Crippen LogP contribution in [0.25, 0.3) is 27.8 Å². The summed E-state index contributed by atoms with van der Waals surface area (Å²) in [7, 11) is 0. The zero-order valence-electron chi connectivity index (χ0n) is 13.0. The minimum Gasteiger partial charge on any atom is -0.301 e. The van der Waals surface area contributed by atoms with E-state index in [1.165, 1.54) is 5.56 Å². The van der Waals surface area contributed by atoms with Gasteiger partial charge < -0.3 is 4.57 Å². The molecule has 0 unspecified atom stereocenters. The van der Waals surface area contributed by atoms with Gasteiger partial charge in [-0.2, -0.15) is 0 Å². The highest BCUT2D eigenvalue weighted by atomic mass is 79.9. The highest BCUT2D eigenvalue weighted by Crippen LogP contribution is 2.36. The Morgan fingerprint density at radius 3 is 2.42 bits per heavy atom. The summed E-state index contributed by atoms with van der Waals surface area (Å²) >= 11 is 5.14.